The van der Waals surface area contributed by atoms with Gasteiger partial charge in [0.15, 0.2) is 0 Å². The van der Waals surface area contributed by atoms with E-state index in [1.54, 1.807) is 0 Å². The van der Waals surface area contributed by atoms with Gasteiger partial charge in [0.1, 0.15) is 0 Å². The Morgan fingerprint density at radius 1 is 1.40 bits per heavy atom. The minimum Gasteiger partial charge on any atom is -0.390 e. The van der Waals surface area contributed by atoms with Crippen molar-refractivity contribution < 1.29 is 5.11 Å². The predicted molar refractivity (Wildman–Crippen MR) is 64.4 cm³/mol. The number of hydrogen-bond acceptors (Lipinski definition) is 1. The third kappa shape index (κ3) is 3.87. The highest BCUT2D eigenvalue weighted by Gasteiger charge is 2.30. The van der Waals surface area contributed by atoms with Gasteiger partial charge in [-0.25, -0.2) is 0 Å². The maximum atomic E-state index is 10.4. The second-order valence-electron chi connectivity index (χ2n) is 5.36. The molecule has 0 bridgehead atoms. The van der Waals surface area contributed by atoms with E-state index in [9.17, 15) is 5.11 Å². The Balaban J connectivity index is 2.47. The fraction of sp³-hybridized carbons (Fsp3) is 0.857. The quantitative estimate of drug-likeness (QED) is 0.557. The van der Waals surface area contributed by atoms with Crippen LogP contribution in [0.25, 0.3) is 0 Å². The molecule has 0 spiro atoms. The minimum atomic E-state index is -0.462. The Bertz CT molecular complexity index is 226. The molecule has 1 aliphatic carbocycles. The van der Waals surface area contributed by atoms with Gasteiger partial charge in [-0.05, 0) is 37.5 Å². The van der Waals surface area contributed by atoms with Crippen LogP contribution in [0.3, 0.4) is 0 Å². The largest absolute Gasteiger partial charge is 0.390 e. The van der Waals surface area contributed by atoms with Crippen LogP contribution in [0.1, 0.15) is 58.8 Å². The predicted octanol–water partition coefficient (Wildman–Crippen LogP) is 3.37. The lowest BCUT2D eigenvalue weighted by molar-refractivity contribution is 0.0164. The van der Waals surface area contributed by atoms with Crippen LogP contribution >= 0.6 is 0 Å². The normalized spacial score (nSPS) is 32.3. The molecule has 1 saturated carbocycles. The Kier molecular flexibility index (Phi) is 4.67. The summed E-state index contributed by atoms with van der Waals surface area (Å²) in [6, 6.07) is 0. The van der Waals surface area contributed by atoms with Crippen LogP contribution in [0.2, 0.25) is 0 Å². The van der Waals surface area contributed by atoms with E-state index >= 15 is 0 Å². The summed E-state index contributed by atoms with van der Waals surface area (Å²) in [5.74, 6) is 4.18. The van der Waals surface area contributed by atoms with E-state index in [1.165, 1.54) is 12.8 Å². The number of hydrogen-bond donors (Lipinski definition) is 1. The SMILES string of the molecule is C#CCCC1(O)CCCC(C(C)C)CC1. The second kappa shape index (κ2) is 5.56. The summed E-state index contributed by atoms with van der Waals surface area (Å²) < 4.78 is 0. The molecule has 15 heavy (non-hydrogen) atoms. The van der Waals surface area contributed by atoms with Gasteiger partial charge in [0.2, 0.25) is 0 Å². The van der Waals surface area contributed by atoms with E-state index in [0.717, 1.165) is 37.5 Å². The summed E-state index contributed by atoms with van der Waals surface area (Å²) in [6.07, 6.45) is 12.2. The van der Waals surface area contributed by atoms with Crippen molar-refractivity contribution in [3.8, 4) is 12.3 Å². The fourth-order valence-electron chi connectivity index (χ4n) is 2.64. The topological polar surface area (TPSA) is 20.2 Å². The summed E-state index contributed by atoms with van der Waals surface area (Å²) in [4.78, 5) is 0. The van der Waals surface area contributed by atoms with Gasteiger partial charge in [-0.2, -0.15) is 0 Å². The zero-order chi connectivity index (χ0) is 11.3. The maximum absolute atomic E-state index is 10.4. The molecule has 1 nitrogen and oxygen atoms in total. The van der Waals surface area contributed by atoms with Gasteiger partial charge >= 0.3 is 0 Å². The molecule has 0 radical (unpaired) electrons. The van der Waals surface area contributed by atoms with Crippen molar-refractivity contribution >= 4 is 0 Å². The number of rotatable bonds is 3. The molecule has 0 aromatic carbocycles. The molecule has 0 aromatic heterocycles. The van der Waals surface area contributed by atoms with Gasteiger partial charge in [0.25, 0.3) is 0 Å². The molecule has 0 amide bonds. The Morgan fingerprint density at radius 3 is 2.73 bits per heavy atom. The molecule has 1 heteroatoms. The summed E-state index contributed by atoms with van der Waals surface area (Å²) >= 11 is 0. The van der Waals surface area contributed by atoms with Gasteiger partial charge < -0.3 is 5.11 Å². The zero-order valence-electron chi connectivity index (χ0n) is 10.1. The van der Waals surface area contributed by atoms with Crippen molar-refractivity contribution in [2.75, 3.05) is 0 Å². The Hall–Kier alpha value is -0.480. The first kappa shape index (κ1) is 12.6. The van der Waals surface area contributed by atoms with Crippen molar-refractivity contribution in [3.05, 3.63) is 0 Å². The molecule has 1 fully saturated rings. The van der Waals surface area contributed by atoms with Gasteiger partial charge in [-0.3, -0.25) is 0 Å². The average molecular weight is 208 g/mol. The fourth-order valence-corrected chi connectivity index (χ4v) is 2.64. The standard InChI is InChI=1S/C14H24O/c1-4-5-9-14(15)10-6-7-13(8-11-14)12(2)3/h1,12-13,15H,5-11H2,2-3H3. The first-order valence-corrected chi connectivity index (χ1v) is 6.23. The highest BCUT2D eigenvalue weighted by Crippen LogP contribution is 2.36. The van der Waals surface area contributed by atoms with E-state index < -0.39 is 5.60 Å². The number of aliphatic hydroxyl groups is 1. The monoisotopic (exact) mass is 208 g/mol. The van der Waals surface area contributed by atoms with Crippen molar-refractivity contribution in [3.63, 3.8) is 0 Å². The van der Waals surface area contributed by atoms with Crippen LogP contribution < -0.4 is 0 Å². The third-order valence-corrected chi connectivity index (χ3v) is 3.88. The second-order valence-corrected chi connectivity index (χ2v) is 5.36. The minimum absolute atomic E-state index is 0.462. The lowest BCUT2D eigenvalue weighted by Gasteiger charge is -2.26. The summed E-state index contributed by atoms with van der Waals surface area (Å²) in [7, 11) is 0. The zero-order valence-corrected chi connectivity index (χ0v) is 10.1. The molecule has 2 unspecified atom stereocenters. The maximum Gasteiger partial charge on any atom is 0.0657 e. The molecule has 0 heterocycles. The highest BCUT2D eigenvalue weighted by atomic mass is 16.3. The first-order valence-electron chi connectivity index (χ1n) is 6.23. The van der Waals surface area contributed by atoms with Crippen LogP contribution in [0.5, 0.6) is 0 Å². The van der Waals surface area contributed by atoms with Gasteiger partial charge in [0, 0.05) is 6.42 Å². The molecule has 0 saturated heterocycles. The van der Waals surface area contributed by atoms with E-state index in [1.807, 2.05) is 0 Å². The van der Waals surface area contributed by atoms with Gasteiger partial charge in [-0.1, -0.05) is 26.7 Å². The smallest absolute Gasteiger partial charge is 0.0657 e. The summed E-state index contributed by atoms with van der Waals surface area (Å²) in [5, 5.41) is 10.4. The van der Waals surface area contributed by atoms with Crippen molar-refractivity contribution in [1.82, 2.24) is 0 Å². The van der Waals surface area contributed by atoms with Crippen molar-refractivity contribution in [2.45, 2.75) is 64.4 Å². The van der Waals surface area contributed by atoms with E-state index in [0.29, 0.717) is 6.42 Å². The third-order valence-electron chi connectivity index (χ3n) is 3.88. The van der Waals surface area contributed by atoms with Crippen molar-refractivity contribution in [1.29, 1.82) is 0 Å². The Morgan fingerprint density at radius 2 is 2.13 bits per heavy atom. The van der Waals surface area contributed by atoms with Crippen LogP contribution in [-0.2, 0) is 0 Å². The molecule has 1 N–H and O–H groups in total. The highest BCUT2D eigenvalue weighted by molar-refractivity contribution is 4.91. The Labute approximate surface area is 94.3 Å². The molecular weight excluding hydrogens is 184 g/mol. The molecule has 0 aromatic rings. The van der Waals surface area contributed by atoms with E-state index in [4.69, 9.17) is 6.42 Å². The molecular formula is C14H24O. The molecule has 86 valence electrons. The van der Waals surface area contributed by atoms with Gasteiger partial charge in [-0.15, -0.1) is 12.3 Å². The molecule has 1 aliphatic rings. The summed E-state index contributed by atoms with van der Waals surface area (Å²) in [5.41, 5.74) is -0.462. The molecule has 2 atom stereocenters. The van der Waals surface area contributed by atoms with Crippen LogP contribution in [0.4, 0.5) is 0 Å². The summed E-state index contributed by atoms with van der Waals surface area (Å²) in [6.45, 7) is 4.58. The van der Waals surface area contributed by atoms with Crippen molar-refractivity contribution in [2.24, 2.45) is 11.8 Å². The first-order chi connectivity index (χ1) is 7.07. The number of terminal acetylenes is 1. The van der Waals surface area contributed by atoms with Gasteiger partial charge in [0.05, 0.1) is 5.60 Å². The molecule has 0 aliphatic heterocycles. The lowest BCUT2D eigenvalue weighted by atomic mass is 9.86. The van der Waals surface area contributed by atoms with E-state index in [2.05, 4.69) is 19.8 Å². The lowest BCUT2D eigenvalue weighted by Crippen LogP contribution is -2.27. The molecule has 1 rings (SSSR count). The van der Waals surface area contributed by atoms with E-state index in [-0.39, 0.29) is 0 Å². The average Bonchev–Trinajstić information content (AvgIpc) is 2.38. The van der Waals surface area contributed by atoms with Crippen LogP contribution in [0, 0.1) is 24.2 Å². The van der Waals surface area contributed by atoms with Crippen LogP contribution in [-0.4, -0.2) is 10.7 Å². The van der Waals surface area contributed by atoms with Crippen LogP contribution in [0.15, 0.2) is 0 Å².